The van der Waals surface area contributed by atoms with Crippen molar-refractivity contribution in [2.24, 2.45) is 5.41 Å². The van der Waals surface area contributed by atoms with Crippen molar-refractivity contribution in [1.29, 1.82) is 0 Å². The third-order valence-electron chi connectivity index (χ3n) is 5.32. The number of nitrogens with zero attached hydrogens (tertiary/aromatic N) is 3. The van der Waals surface area contributed by atoms with Crippen LogP contribution >= 0.6 is 0 Å². The number of rotatable bonds is 2. The fraction of sp³-hybridized carbons (Fsp3) is 0.588. The lowest BCUT2D eigenvalue weighted by molar-refractivity contribution is -0.178. The quantitative estimate of drug-likeness (QED) is 0.908. The number of carboxylic acids is 1. The van der Waals surface area contributed by atoms with E-state index in [1.807, 2.05) is 37.6 Å². The van der Waals surface area contributed by atoms with Crippen LogP contribution in [0.2, 0.25) is 0 Å². The molecule has 1 aliphatic heterocycles. The van der Waals surface area contributed by atoms with Crippen LogP contribution in [0.5, 0.6) is 0 Å². The number of carboxylic acid groups (broad SMARTS) is 1. The molecule has 1 aliphatic carbocycles. The molecule has 2 aromatic heterocycles. The van der Waals surface area contributed by atoms with Crippen molar-refractivity contribution in [3.05, 3.63) is 24.3 Å². The standard InChI is InChI=1S/C17H21N3O4/c1-9-10-5-6-20(14(10)19-8-18-9)11-7-17(4,15(21)22)13-12(11)23-16(2,3)24-13/h5-6,8,11-13H,7H2,1-4H3,(H,21,22)/t11-,12+,13+,17+/m1/s1. The molecule has 128 valence electrons. The van der Waals surface area contributed by atoms with Gasteiger partial charge in [0.25, 0.3) is 0 Å². The molecule has 4 rings (SSSR count). The predicted octanol–water partition coefficient (Wildman–Crippen LogP) is 2.30. The van der Waals surface area contributed by atoms with Crippen molar-refractivity contribution in [1.82, 2.24) is 14.5 Å². The van der Waals surface area contributed by atoms with Gasteiger partial charge in [0.05, 0.1) is 17.2 Å². The summed E-state index contributed by atoms with van der Waals surface area (Å²) in [5, 5.41) is 10.8. The van der Waals surface area contributed by atoms with Crippen molar-refractivity contribution in [3.8, 4) is 0 Å². The molecule has 0 radical (unpaired) electrons. The molecule has 4 atom stereocenters. The Balaban J connectivity index is 1.83. The van der Waals surface area contributed by atoms with E-state index < -0.39 is 23.3 Å². The fourth-order valence-corrected chi connectivity index (χ4v) is 4.06. The van der Waals surface area contributed by atoms with Gasteiger partial charge in [-0.25, -0.2) is 9.97 Å². The van der Waals surface area contributed by atoms with Crippen LogP contribution in [-0.4, -0.2) is 43.6 Å². The first kappa shape index (κ1) is 15.5. The number of aryl methyl sites for hydroxylation is 1. The molecule has 0 spiro atoms. The zero-order chi connectivity index (χ0) is 17.3. The van der Waals surface area contributed by atoms with E-state index >= 15 is 0 Å². The van der Waals surface area contributed by atoms with E-state index in [1.165, 1.54) is 6.33 Å². The number of carbonyl (C=O) groups is 1. The fourth-order valence-electron chi connectivity index (χ4n) is 4.06. The Bertz CT molecular complexity index is 830. The van der Waals surface area contributed by atoms with Gasteiger partial charge in [-0.1, -0.05) is 0 Å². The highest BCUT2D eigenvalue weighted by Gasteiger charge is 2.63. The monoisotopic (exact) mass is 331 g/mol. The van der Waals surface area contributed by atoms with Gasteiger partial charge in [-0.3, -0.25) is 4.79 Å². The van der Waals surface area contributed by atoms with Crippen LogP contribution in [-0.2, 0) is 14.3 Å². The zero-order valence-corrected chi connectivity index (χ0v) is 14.2. The van der Waals surface area contributed by atoms with E-state index in [2.05, 4.69) is 9.97 Å². The first-order valence-electron chi connectivity index (χ1n) is 8.10. The van der Waals surface area contributed by atoms with E-state index in [1.54, 1.807) is 6.92 Å². The van der Waals surface area contributed by atoms with Crippen LogP contribution in [0.25, 0.3) is 11.0 Å². The van der Waals surface area contributed by atoms with Crippen molar-refractivity contribution in [2.45, 2.75) is 58.2 Å². The molecule has 2 aliphatic rings. The summed E-state index contributed by atoms with van der Waals surface area (Å²) in [7, 11) is 0. The highest BCUT2D eigenvalue weighted by atomic mass is 16.8. The molecule has 3 heterocycles. The summed E-state index contributed by atoms with van der Waals surface area (Å²) in [6.07, 6.45) is 3.09. The second kappa shape index (κ2) is 4.77. The van der Waals surface area contributed by atoms with E-state index in [0.717, 1.165) is 16.7 Å². The maximum absolute atomic E-state index is 11.9. The van der Waals surface area contributed by atoms with Crippen LogP contribution in [0.15, 0.2) is 18.6 Å². The van der Waals surface area contributed by atoms with Gasteiger partial charge in [0, 0.05) is 11.6 Å². The van der Waals surface area contributed by atoms with Gasteiger partial charge < -0.3 is 19.1 Å². The summed E-state index contributed by atoms with van der Waals surface area (Å²) in [5.74, 6) is -1.65. The number of hydrogen-bond donors (Lipinski definition) is 1. The summed E-state index contributed by atoms with van der Waals surface area (Å²) in [4.78, 5) is 20.6. The first-order valence-corrected chi connectivity index (χ1v) is 8.10. The van der Waals surface area contributed by atoms with Crippen LogP contribution < -0.4 is 0 Å². The van der Waals surface area contributed by atoms with Crippen molar-refractivity contribution >= 4 is 17.0 Å². The molecule has 0 aromatic carbocycles. The van der Waals surface area contributed by atoms with Gasteiger partial charge >= 0.3 is 5.97 Å². The topological polar surface area (TPSA) is 86.5 Å². The van der Waals surface area contributed by atoms with Gasteiger partial charge in [0.15, 0.2) is 5.79 Å². The van der Waals surface area contributed by atoms with E-state index in [-0.39, 0.29) is 12.1 Å². The molecule has 1 N–H and O–H groups in total. The SMILES string of the molecule is Cc1ncnc2c1ccn2[C@@H]1C[C@](C)(C(=O)O)[C@H]2OC(C)(C)O[C@@H]12. The normalized spacial score (nSPS) is 34.6. The third kappa shape index (κ3) is 2.01. The Kier molecular flexibility index (Phi) is 3.08. The maximum Gasteiger partial charge on any atom is 0.312 e. The lowest BCUT2D eigenvalue weighted by Crippen LogP contribution is -2.39. The zero-order valence-electron chi connectivity index (χ0n) is 14.2. The summed E-state index contributed by atoms with van der Waals surface area (Å²) in [5.41, 5.74) is 0.703. The molecule has 1 saturated carbocycles. The van der Waals surface area contributed by atoms with Gasteiger partial charge in [0.1, 0.15) is 24.2 Å². The Labute approximate surface area is 139 Å². The third-order valence-corrected chi connectivity index (χ3v) is 5.32. The summed E-state index contributed by atoms with van der Waals surface area (Å²) in [6, 6.07) is 1.82. The van der Waals surface area contributed by atoms with Gasteiger partial charge in [-0.2, -0.15) is 0 Å². The predicted molar refractivity (Wildman–Crippen MR) is 85.5 cm³/mol. The molecule has 2 fully saturated rings. The average Bonchev–Trinajstić information content (AvgIpc) is 3.12. The minimum Gasteiger partial charge on any atom is -0.481 e. The smallest absolute Gasteiger partial charge is 0.312 e. The summed E-state index contributed by atoms with van der Waals surface area (Å²) in [6.45, 7) is 7.32. The van der Waals surface area contributed by atoms with Crippen LogP contribution in [0.3, 0.4) is 0 Å². The molecule has 0 amide bonds. The highest BCUT2D eigenvalue weighted by Crippen LogP contribution is 2.53. The van der Waals surface area contributed by atoms with Gasteiger partial charge in [-0.15, -0.1) is 0 Å². The Hall–Kier alpha value is -1.99. The second-order valence-corrected chi connectivity index (χ2v) is 7.43. The van der Waals surface area contributed by atoms with Crippen LogP contribution in [0.1, 0.15) is 38.9 Å². The first-order chi connectivity index (χ1) is 11.2. The van der Waals surface area contributed by atoms with Gasteiger partial charge in [0.2, 0.25) is 0 Å². The molecule has 0 unspecified atom stereocenters. The molecular weight excluding hydrogens is 310 g/mol. The number of fused-ring (bicyclic) bond motifs is 2. The Morgan fingerprint density at radius 2 is 2.08 bits per heavy atom. The minimum atomic E-state index is -0.998. The molecule has 1 saturated heterocycles. The Morgan fingerprint density at radius 3 is 2.79 bits per heavy atom. The molecule has 24 heavy (non-hydrogen) atoms. The molecule has 2 aromatic rings. The van der Waals surface area contributed by atoms with Crippen molar-refractivity contribution in [2.75, 3.05) is 0 Å². The average molecular weight is 331 g/mol. The van der Waals surface area contributed by atoms with Crippen LogP contribution in [0, 0.1) is 12.3 Å². The lowest BCUT2D eigenvalue weighted by atomic mass is 9.86. The molecule has 7 nitrogen and oxygen atoms in total. The van der Waals surface area contributed by atoms with E-state index in [9.17, 15) is 9.90 Å². The minimum absolute atomic E-state index is 0.148. The molecule has 0 bridgehead atoms. The number of aliphatic carboxylic acids is 1. The van der Waals surface area contributed by atoms with E-state index in [4.69, 9.17) is 9.47 Å². The summed E-state index contributed by atoms with van der Waals surface area (Å²) >= 11 is 0. The molecule has 7 heteroatoms. The van der Waals surface area contributed by atoms with Crippen molar-refractivity contribution < 1.29 is 19.4 Å². The number of hydrogen-bond acceptors (Lipinski definition) is 5. The number of ether oxygens (including phenoxy) is 2. The number of aromatic nitrogens is 3. The van der Waals surface area contributed by atoms with Gasteiger partial charge in [-0.05, 0) is 40.2 Å². The summed E-state index contributed by atoms with van der Waals surface area (Å²) < 4.78 is 14.1. The van der Waals surface area contributed by atoms with Crippen LogP contribution in [0.4, 0.5) is 0 Å². The van der Waals surface area contributed by atoms with Crippen molar-refractivity contribution in [3.63, 3.8) is 0 Å². The maximum atomic E-state index is 11.9. The second-order valence-electron chi connectivity index (χ2n) is 7.43. The lowest BCUT2D eigenvalue weighted by Gasteiger charge is -2.28. The van der Waals surface area contributed by atoms with E-state index in [0.29, 0.717) is 6.42 Å². The Morgan fingerprint density at radius 1 is 1.33 bits per heavy atom. The largest absolute Gasteiger partial charge is 0.481 e. The highest BCUT2D eigenvalue weighted by molar-refractivity contribution is 5.79. The molecular formula is C17H21N3O4.